The highest BCUT2D eigenvalue weighted by molar-refractivity contribution is 5.81. The quantitative estimate of drug-likeness (QED) is 0.435. The second-order valence-corrected chi connectivity index (χ2v) is 8.57. The van der Waals surface area contributed by atoms with Gasteiger partial charge in [0.1, 0.15) is 29.5 Å². The monoisotopic (exact) mass is 471 g/mol. The Morgan fingerprint density at radius 3 is 2.77 bits per heavy atom. The number of nitrogens with zero attached hydrogens (tertiary/aromatic N) is 3. The third-order valence-corrected chi connectivity index (χ3v) is 5.90. The molecule has 1 aliphatic rings. The molecule has 4 rings (SSSR count). The first-order chi connectivity index (χ1) is 17.1. The van der Waals surface area contributed by atoms with Gasteiger partial charge in [0.2, 0.25) is 0 Å². The molecule has 0 amide bonds. The van der Waals surface area contributed by atoms with Crippen molar-refractivity contribution in [2.24, 2.45) is 0 Å². The normalized spacial score (nSPS) is 13.8. The lowest BCUT2D eigenvalue weighted by Crippen LogP contribution is -2.26. The maximum Gasteiger partial charge on any atom is 0.139 e. The van der Waals surface area contributed by atoms with Gasteiger partial charge in [-0.05, 0) is 35.4 Å². The Bertz CT molecular complexity index is 1200. The van der Waals surface area contributed by atoms with E-state index in [2.05, 4.69) is 11.1 Å². The number of aromatic nitrogens is 2. The van der Waals surface area contributed by atoms with E-state index >= 15 is 0 Å². The highest BCUT2D eigenvalue weighted by Crippen LogP contribution is 2.27. The molecule has 2 heterocycles. The average molecular weight is 472 g/mol. The zero-order valence-electron chi connectivity index (χ0n) is 19.9. The number of Topliss-reactive ketones (excluding diaryl/α,β-unsaturated/α-hetero) is 1. The molecule has 2 aromatic carbocycles. The van der Waals surface area contributed by atoms with Crippen molar-refractivity contribution in [3.05, 3.63) is 77.2 Å². The highest BCUT2D eigenvalue weighted by atomic mass is 16.5. The van der Waals surface area contributed by atoms with E-state index in [1.807, 2.05) is 48.5 Å². The number of ketones is 1. The molecule has 3 aromatic rings. The van der Waals surface area contributed by atoms with E-state index < -0.39 is 0 Å². The molecule has 0 atom stereocenters. The van der Waals surface area contributed by atoms with Gasteiger partial charge in [0.05, 0.1) is 31.1 Å². The highest BCUT2D eigenvalue weighted by Gasteiger charge is 2.17. The predicted octanol–water partition coefficient (Wildman–Crippen LogP) is 4.31. The fraction of sp³-hybridized carbons (Fsp3) is 0.357. The SMILES string of the molecule is COCCC(=O)Cc1cccc(Cc2nccc(-c3ccc(OC4CCOCC4)c(C#N)c3)n2)c1. The fourth-order valence-electron chi connectivity index (χ4n) is 4.06. The van der Waals surface area contributed by atoms with Gasteiger partial charge in [0.25, 0.3) is 0 Å². The summed E-state index contributed by atoms with van der Waals surface area (Å²) in [6.45, 7) is 1.80. The van der Waals surface area contributed by atoms with Crippen LogP contribution >= 0.6 is 0 Å². The molecule has 1 fully saturated rings. The largest absolute Gasteiger partial charge is 0.489 e. The van der Waals surface area contributed by atoms with Crippen LogP contribution < -0.4 is 4.74 Å². The van der Waals surface area contributed by atoms with E-state index in [1.165, 1.54) is 0 Å². The van der Waals surface area contributed by atoms with Crippen LogP contribution in [0.2, 0.25) is 0 Å². The summed E-state index contributed by atoms with van der Waals surface area (Å²) in [5, 5.41) is 9.69. The van der Waals surface area contributed by atoms with Gasteiger partial charge in [0, 0.05) is 51.0 Å². The van der Waals surface area contributed by atoms with E-state index in [4.69, 9.17) is 19.2 Å². The minimum Gasteiger partial charge on any atom is -0.489 e. The van der Waals surface area contributed by atoms with E-state index in [0.29, 0.717) is 56.2 Å². The van der Waals surface area contributed by atoms with Gasteiger partial charge in [0.15, 0.2) is 0 Å². The Kier molecular flexibility index (Phi) is 8.55. The molecule has 0 aliphatic carbocycles. The summed E-state index contributed by atoms with van der Waals surface area (Å²) in [4.78, 5) is 21.2. The number of benzene rings is 2. The molecule has 7 nitrogen and oxygen atoms in total. The molecular formula is C28H29N3O4. The van der Waals surface area contributed by atoms with Crippen LogP contribution in [0.4, 0.5) is 0 Å². The molecule has 1 aliphatic heterocycles. The number of methoxy groups -OCH3 is 1. The molecule has 1 aromatic heterocycles. The van der Waals surface area contributed by atoms with Crippen molar-refractivity contribution in [3.63, 3.8) is 0 Å². The van der Waals surface area contributed by atoms with Crippen LogP contribution in [0.25, 0.3) is 11.3 Å². The molecule has 0 radical (unpaired) electrons. The van der Waals surface area contributed by atoms with E-state index in [-0.39, 0.29) is 11.9 Å². The van der Waals surface area contributed by atoms with Crippen LogP contribution in [0.1, 0.15) is 41.8 Å². The van der Waals surface area contributed by atoms with Crippen LogP contribution in [0, 0.1) is 11.3 Å². The molecule has 0 spiro atoms. The second-order valence-electron chi connectivity index (χ2n) is 8.57. The van der Waals surface area contributed by atoms with Crippen LogP contribution in [0.3, 0.4) is 0 Å². The van der Waals surface area contributed by atoms with Gasteiger partial charge in [-0.3, -0.25) is 4.79 Å². The summed E-state index contributed by atoms with van der Waals surface area (Å²) in [5.74, 6) is 1.42. The summed E-state index contributed by atoms with van der Waals surface area (Å²) < 4.78 is 16.4. The Balaban J connectivity index is 1.47. The molecule has 35 heavy (non-hydrogen) atoms. The number of hydrogen-bond acceptors (Lipinski definition) is 7. The van der Waals surface area contributed by atoms with Gasteiger partial charge in [-0.25, -0.2) is 9.97 Å². The fourth-order valence-corrected chi connectivity index (χ4v) is 4.06. The van der Waals surface area contributed by atoms with Crippen molar-refractivity contribution >= 4 is 5.78 Å². The van der Waals surface area contributed by atoms with Crippen molar-refractivity contribution in [1.29, 1.82) is 5.26 Å². The van der Waals surface area contributed by atoms with Crippen molar-refractivity contribution < 1.29 is 19.0 Å². The molecule has 0 unspecified atom stereocenters. The lowest BCUT2D eigenvalue weighted by molar-refractivity contribution is -0.119. The summed E-state index contributed by atoms with van der Waals surface area (Å²) in [5.41, 5.74) is 4.08. The molecule has 0 bridgehead atoms. The Morgan fingerprint density at radius 2 is 1.97 bits per heavy atom. The van der Waals surface area contributed by atoms with Crippen LogP contribution in [0.15, 0.2) is 54.7 Å². The summed E-state index contributed by atoms with van der Waals surface area (Å²) in [7, 11) is 1.60. The van der Waals surface area contributed by atoms with Crippen molar-refractivity contribution in [1.82, 2.24) is 9.97 Å². The number of nitriles is 1. The van der Waals surface area contributed by atoms with Gasteiger partial charge in [-0.2, -0.15) is 5.26 Å². The standard InChI is InChI=1S/C28H29N3O4/c1-33-12-8-24(32)16-20-3-2-4-21(15-20)17-28-30-11-7-26(31-28)22-5-6-27(23(18-22)19-29)35-25-9-13-34-14-10-25/h2-7,11,15,18,25H,8-10,12-14,16-17H2,1H3. The third kappa shape index (κ3) is 6.95. The number of carbonyl (C=O) groups is 1. The summed E-state index contributed by atoms with van der Waals surface area (Å²) >= 11 is 0. The molecule has 0 saturated carbocycles. The Hall–Kier alpha value is -3.60. The number of rotatable bonds is 10. The number of carbonyl (C=O) groups excluding carboxylic acids is 1. The number of hydrogen-bond donors (Lipinski definition) is 0. The minimum atomic E-state index is 0.0680. The maximum atomic E-state index is 12.1. The lowest BCUT2D eigenvalue weighted by Gasteiger charge is -2.23. The van der Waals surface area contributed by atoms with Gasteiger partial charge >= 0.3 is 0 Å². The van der Waals surface area contributed by atoms with Crippen LogP contribution in [0.5, 0.6) is 5.75 Å². The van der Waals surface area contributed by atoms with Crippen LogP contribution in [-0.4, -0.2) is 48.8 Å². The topological polar surface area (TPSA) is 94.3 Å². The second kappa shape index (κ2) is 12.2. The first kappa shape index (κ1) is 24.5. The number of ether oxygens (including phenoxy) is 3. The van der Waals surface area contributed by atoms with E-state index in [9.17, 15) is 10.1 Å². The Morgan fingerprint density at radius 1 is 1.14 bits per heavy atom. The van der Waals surface area contributed by atoms with Crippen molar-refractivity contribution in [3.8, 4) is 23.1 Å². The van der Waals surface area contributed by atoms with Crippen molar-refractivity contribution in [2.75, 3.05) is 26.9 Å². The smallest absolute Gasteiger partial charge is 0.139 e. The maximum absolute atomic E-state index is 12.1. The molecule has 180 valence electrons. The van der Waals surface area contributed by atoms with Gasteiger partial charge in [-0.15, -0.1) is 0 Å². The van der Waals surface area contributed by atoms with E-state index in [0.717, 1.165) is 35.2 Å². The van der Waals surface area contributed by atoms with Crippen molar-refractivity contribution in [2.45, 2.75) is 38.2 Å². The van der Waals surface area contributed by atoms with Gasteiger partial charge < -0.3 is 14.2 Å². The zero-order valence-corrected chi connectivity index (χ0v) is 19.9. The van der Waals surface area contributed by atoms with Crippen LogP contribution in [-0.2, 0) is 27.1 Å². The molecule has 1 saturated heterocycles. The zero-order chi connectivity index (χ0) is 24.5. The lowest BCUT2D eigenvalue weighted by atomic mass is 10.0. The summed E-state index contributed by atoms with van der Waals surface area (Å²) in [6, 6.07) is 17.6. The molecular weight excluding hydrogens is 442 g/mol. The minimum absolute atomic E-state index is 0.0680. The van der Waals surface area contributed by atoms with E-state index in [1.54, 1.807) is 13.3 Å². The predicted molar refractivity (Wildman–Crippen MR) is 131 cm³/mol. The first-order valence-corrected chi connectivity index (χ1v) is 11.8. The molecule has 7 heteroatoms. The Labute approximate surface area is 205 Å². The summed E-state index contributed by atoms with van der Waals surface area (Å²) in [6.07, 6.45) is 4.79. The van der Waals surface area contributed by atoms with Gasteiger partial charge in [-0.1, -0.05) is 24.3 Å². The average Bonchev–Trinajstić information content (AvgIpc) is 2.88. The third-order valence-electron chi connectivity index (χ3n) is 5.90. The molecule has 0 N–H and O–H groups in total. The first-order valence-electron chi connectivity index (χ1n) is 11.8.